The maximum absolute atomic E-state index is 12.9. The topological polar surface area (TPSA) is 38.8 Å². The molecule has 1 aliphatic rings. The van der Waals surface area contributed by atoms with Gasteiger partial charge >= 0.3 is 0 Å². The summed E-state index contributed by atoms with van der Waals surface area (Å²) in [7, 11) is 0. The Labute approximate surface area is 128 Å². The van der Waals surface area contributed by atoms with E-state index >= 15 is 0 Å². The molecular formula is C18H15NO3. The standard InChI is InChI=1S/C18H15NO3/c1-14(17-12-13-21-22-17)18(20)19(15-8-4-2-5-9-15)16-10-6-3-7-11-16/h2-13,17H,1H2. The zero-order chi connectivity index (χ0) is 15.4. The van der Waals surface area contributed by atoms with Crippen LogP contribution in [0.4, 0.5) is 11.4 Å². The maximum Gasteiger partial charge on any atom is 0.261 e. The Morgan fingerprint density at radius 2 is 1.50 bits per heavy atom. The van der Waals surface area contributed by atoms with Gasteiger partial charge in [-0.15, -0.1) is 0 Å². The Balaban J connectivity index is 1.97. The summed E-state index contributed by atoms with van der Waals surface area (Å²) in [4.78, 5) is 24.2. The maximum atomic E-state index is 12.9. The van der Waals surface area contributed by atoms with Gasteiger partial charge in [0.2, 0.25) is 0 Å². The predicted molar refractivity (Wildman–Crippen MR) is 84.3 cm³/mol. The fourth-order valence-electron chi connectivity index (χ4n) is 2.20. The highest BCUT2D eigenvalue weighted by Gasteiger charge is 2.27. The molecule has 1 atom stereocenters. The highest BCUT2D eigenvalue weighted by atomic mass is 17.2. The van der Waals surface area contributed by atoms with E-state index in [0.717, 1.165) is 11.4 Å². The largest absolute Gasteiger partial charge is 0.345 e. The first kappa shape index (κ1) is 14.1. The Bertz CT molecular complexity index is 655. The fraction of sp³-hybridized carbons (Fsp3) is 0.0556. The summed E-state index contributed by atoms with van der Waals surface area (Å²) in [6.07, 6.45) is 2.48. The third-order valence-corrected chi connectivity index (χ3v) is 3.32. The minimum atomic E-state index is -0.567. The summed E-state index contributed by atoms with van der Waals surface area (Å²) in [5.74, 6) is -0.238. The molecule has 0 spiro atoms. The summed E-state index contributed by atoms with van der Waals surface area (Å²) >= 11 is 0. The van der Waals surface area contributed by atoms with Crippen LogP contribution >= 0.6 is 0 Å². The fourth-order valence-corrected chi connectivity index (χ4v) is 2.20. The van der Waals surface area contributed by atoms with Gasteiger partial charge in [-0.1, -0.05) is 43.0 Å². The lowest BCUT2D eigenvalue weighted by atomic mass is 10.1. The Kier molecular flexibility index (Phi) is 4.03. The zero-order valence-electron chi connectivity index (χ0n) is 11.9. The normalized spacial score (nSPS) is 16.1. The first-order valence-electron chi connectivity index (χ1n) is 6.89. The van der Waals surface area contributed by atoms with Crippen LogP contribution in [0.1, 0.15) is 0 Å². The molecule has 0 N–H and O–H groups in total. The second-order valence-corrected chi connectivity index (χ2v) is 4.78. The van der Waals surface area contributed by atoms with Gasteiger partial charge in [0.25, 0.3) is 5.91 Å². The van der Waals surface area contributed by atoms with Crippen LogP contribution in [0.15, 0.2) is 85.2 Å². The lowest BCUT2D eigenvalue weighted by Gasteiger charge is -2.24. The van der Waals surface area contributed by atoms with Crippen LogP contribution in [-0.4, -0.2) is 12.0 Å². The van der Waals surface area contributed by atoms with Crippen LogP contribution in [0.3, 0.4) is 0 Å². The number of carbonyl (C=O) groups excluding carboxylic acids is 1. The molecule has 0 saturated heterocycles. The molecular weight excluding hydrogens is 278 g/mol. The summed E-state index contributed by atoms with van der Waals surface area (Å²) in [5.41, 5.74) is 1.84. The van der Waals surface area contributed by atoms with Gasteiger partial charge < -0.3 is 4.89 Å². The number of anilines is 2. The van der Waals surface area contributed by atoms with E-state index in [1.165, 1.54) is 6.26 Å². The average molecular weight is 293 g/mol. The number of para-hydroxylation sites is 2. The molecule has 0 bridgehead atoms. The van der Waals surface area contributed by atoms with Gasteiger partial charge in [0, 0.05) is 16.9 Å². The molecule has 3 rings (SSSR count). The first-order chi connectivity index (χ1) is 10.8. The summed E-state index contributed by atoms with van der Waals surface area (Å²) in [5, 5.41) is 0. The highest BCUT2D eigenvalue weighted by molar-refractivity contribution is 6.10. The summed E-state index contributed by atoms with van der Waals surface area (Å²) < 4.78 is 0. The van der Waals surface area contributed by atoms with Gasteiger partial charge in [-0.3, -0.25) is 9.69 Å². The number of rotatable bonds is 4. The number of hydrogen-bond donors (Lipinski definition) is 0. The van der Waals surface area contributed by atoms with E-state index in [1.807, 2.05) is 60.7 Å². The van der Waals surface area contributed by atoms with Crippen molar-refractivity contribution in [2.45, 2.75) is 6.10 Å². The number of hydrogen-bond acceptors (Lipinski definition) is 3. The van der Waals surface area contributed by atoms with Crippen molar-refractivity contribution in [3.8, 4) is 0 Å². The number of benzene rings is 2. The molecule has 2 aromatic carbocycles. The van der Waals surface area contributed by atoms with Crippen LogP contribution < -0.4 is 4.90 Å². The van der Waals surface area contributed by atoms with E-state index in [1.54, 1.807) is 11.0 Å². The molecule has 0 fully saturated rings. The van der Waals surface area contributed by atoms with E-state index in [0.29, 0.717) is 5.57 Å². The first-order valence-corrected chi connectivity index (χ1v) is 6.89. The van der Waals surface area contributed by atoms with Crippen molar-refractivity contribution in [1.82, 2.24) is 0 Å². The Hall–Kier alpha value is -2.85. The third-order valence-electron chi connectivity index (χ3n) is 3.32. The third kappa shape index (κ3) is 2.77. The second kappa shape index (κ2) is 6.28. The van der Waals surface area contributed by atoms with Crippen LogP contribution in [0, 0.1) is 0 Å². The minimum absolute atomic E-state index is 0.238. The molecule has 0 aliphatic carbocycles. The van der Waals surface area contributed by atoms with Crippen molar-refractivity contribution < 1.29 is 14.6 Å². The smallest absolute Gasteiger partial charge is 0.261 e. The molecule has 4 heteroatoms. The van der Waals surface area contributed by atoms with E-state index in [2.05, 4.69) is 6.58 Å². The highest BCUT2D eigenvalue weighted by Crippen LogP contribution is 2.28. The van der Waals surface area contributed by atoms with E-state index < -0.39 is 6.10 Å². The molecule has 22 heavy (non-hydrogen) atoms. The Morgan fingerprint density at radius 3 is 1.95 bits per heavy atom. The van der Waals surface area contributed by atoms with Crippen LogP contribution in [0.5, 0.6) is 0 Å². The summed E-state index contributed by atoms with van der Waals surface area (Å²) in [6, 6.07) is 18.9. The molecule has 1 heterocycles. The molecule has 1 aliphatic heterocycles. The van der Waals surface area contributed by atoms with E-state index in [4.69, 9.17) is 9.78 Å². The molecule has 110 valence electrons. The van der Waals surface area contributed by atoms with Crippen molar-refractivity contribution in [2.75, 3.05) is 4.90 Å². The average Bonchev–Trinajstić information content (AvgIpc) is 3.11. The molecule has 0 aromatic heterocycles. The van der Waals surface area contributed by atoms with E-state index in [9.17, 15) is 4.79 Å². The second-order valence-electron chi connectivity index (χ2n) is 4.78. The molecule has 1 unspecified atom stereocenters. The van der Waals surface area contributed by atoms with Crippen LogP contribution in [0.25, 0.3) is 0 Å². The van der Waals surface area contributed by atoms with Gasteiger partial charge in [-0.2, -0.15) is 4.89 Å². The molecule has 0 saturated carbocycles. The number of carbonyl (C=O) groups is 1. The van der Waals surface area contributed by atoms with Gasteiger partial charge in [-0.05, 0) is 30.3 Å². The lowest BCUT2D eigenvalue weighted by molar-refractivity contribution is -0.243. The molecule has 1 amide bonds. The molecule has 0 radical (unpaired) electrons. The number of nitrogens with zero attached hydrogens (tertiary/aromatic N) is 1. The summed E-state index contributed by atoms with van der Waals surface area (Å²) in [6.45, 7) is 3.86. The van der Waals surface area contributed by atoms with Crippen molar-refractivity contribution in [1.29, 1.82) is 0 Å². The van der Waals surface area contributed by atoms with Crippen molar-refractivity contribution in [3.05, 3.63) is 85.2 Å². The number of amides is 1. The van der Waals surface area contributed by atoms with Crippen molar-refractivity contribution in [2.24, 2.45) is 0 Å². The van der Waals surface area contributed by atoms with Gasteiger partial charge in [0.1, 0.15) is 6.26 Å². The zero-order valence-corrected chi connectivity index (χ0v) is 11.9. The van der Waals surface area contributed by atoms with Gasteiger partial charge in [-0.25, -0.2) is 0 Å². The van der Waals surface area contributed by atoms with Crippen molar-refractivity contribution >= 4 is 17.3 Å². The van der Waals surface area contributed by atoms with Crippen LogP contribution in [-0.2, 0) is 14.6 Å². The van der Waals surface area contributed by atoms with E-state index in [-0.39, 0.29) is 5.91 Å². The minimum Gasteiger partial charge on any atom is -0.345 e. The van der Waals surface area contributed by atoms with Gasteiger partial charge in [0.15, 0.2) is 6.10 Å². The molecule has 4 nitrogen and oxygen atoms in total. The molecule has 2 aromatic rings. The van der Waals surface area contributed by atoms with Gasteiger partial charge in [0.05, 0.1) is 0 Å². The monoisotopic (exact) mass is 293 g/mol. The lowest BCUT2D eigenvalue weighted by Crippen LogP contribution is -2.31. The SMILES string of the molecule is C=C(C(=O)N(c1ccccc1)c1ccccc1)C1C=COO1. The Morgan fingerprint density at radius 1 is 0.955 bits per heavy atom. The van der Waals surface area contributed by atoms with Crippen LogP contribution in [0.2, 0.25) is 0 Å². The van der Waals surface area contributed by atoms with Crippen molar-refractivity contribution in [3.63, 3.8) is 0 Å². The quantitative estimate of drug-likeness (QED) is 0.636. The predicted octanol–water partition coefficient (Wildman–Crippen LogP) is 3.75.